The number of rotatable bonds is 1. The van der Waals surface area contributed by atoms with E-state index < -0.39 is 0 Å². The van der Waals surface area contributed by atoms with Gasteiger partial charge in [0, 0.05) is 18.1 Å². The van der Waals surface area contributed by atoms with Crippen LogP contribution in [-0.2, 0) is 12.8 Å². The summed E-state index contributed by atoms with van der Waals surface area (Å²) in [5.74, 6) is 0.615. The van der Waals surface area contributed by atoms with E-state index in [9.17, 15) is 0 Å². The summed E-state index contributed by atoms with van der Waals surface area (Å²) < 4.78 is 0. The minimum Gasteiger partial charge on any atom is -0.282 e. The van der Waals surface area contributed by atoms with Crippen LogP contribution in [0.1, 0.15) is 29.2 Å². The Kier molecular flexibility index (Phi) is 2.02. The quantitative estimate of drug-likeness (QED) is 0.764. The summed E-state index contributed by atoms with van der Waals surface area (Å²) in [4.78, 5) is 4.18. The van der Waals surface area contributed by atoms with Gasteiger partial charge < -0.3 is 0 Å². The van der Waals surface area contributed by atoms with Gasteiger partial charge in [0.05, 0.1) is 6.20 Å². The number of fused-ring (bicyclic) bond motifs is 1. The van der Waals surface area contributed by atoms with Crippen molar-refractivity contribution in [3.05, 3.63) is 47.5 Å². The van der Waals surface area contributed by atoms with Crippen molar-refractivity contribution in [2.75, 3.05) is 0 Å². The molecule has 2 aromatic heterocycles. The molecule has 0 unspecified atom stereocenters. The number of nitrogens with one attached hydrogen (secondary N) is 1. The summed E-state index contributed by atoms with van der Waals surface area (Å²) >= 11 is 0. The number of hydrogen-bond donors (Lipinski definition) is 1. The van der Waals surface area contributed by atoms with Crippen LogP contribution in [0.25, 0.3) is 0 Å². The fraction of sp³-hybridized carbons (Fsp3) is 0.333. The molecule has 1 aliphatic carbocycles. The zero-order valence-corrected chi connectivity index (χ0v) is 8.48. The van der Waals surface area contributed by atoms with Crippen LogP contribution in [0.4, 0.5) is 0 Å². The minimum absolute atomic E-state index is 0.615. The third-order valence-electron chi connectivity index (χ3n) is 3.17. The van der Waals surface area contributed by atoms with Crippen LogP contribution >= 0.6 is 0 Å². The highest BCUT2D eigenvalue weighted by Crippen LogP contribution is 2.30. The fourth-order valence-electron chi connectivity index (χ4n) is 2.32. The molecule has 0 amide bonds. The molecule has 15 heavy (non-hydrogen) atoms. The largest absolute Gasteiger partial charge is 0.282 e. The van der Waals surface area contributed by atoms with E-state index in [1.807, 2.05) is 24.7 Å². The topological polar surface area (TPSA) is 41.6 Å². The van der Waals surface area contributed by atoms with Gasteiger partial charge in [-0.15, -0.1) is 0 Å². The summed E-state index contributed by atoms with van der Waals surface area (Å²) in [5.41, 5.74) is 4.04. The average molecular weight is 199 g/mol. The number of nitrogens with zero attached hydrogens (tertiary/aromatic N) is 2. The van der Waals surface area contributed by atoms with Crippen LogP contribution in [0.5, 0.6) is 0 Å². The smallest absolute Gasteiger partial charge is 0.0522 e. The van der Waals surface area contributed by atoms with Crippen molar-refractivity contribution in [1.29, 1.82) is 0 Å². The van der Waals surface area contributed by atoms with Gasteiger partial charge in [0.1, 0.15) is 0 Å². The second kappa shape index (κ2) is 3.50. The van der Waals surface area contributed by atoms with Crippen molar-refractivity contribution in [2.45, 2.75) is 25.2 Å². The lowest BCUT2D eigenvalue weighted by Crippen LogP contribution is -2.11. The van der Waals surface area contributed by atoms with Gasteiger partial charge >= 0.3 is 0 Å². The van der Waals surface area contributed by atoms with E-state index in [4.69, 9.17) is 0 Å². The van der Waals surface area contributed by atoms with E-state index in [1.54, 1.807) is 0 Å². The summed E-state index contributed by atoms with van der Waals surface area (Å²) in [6.07, 6.45) is 9.16. The number of aromatic nitrogens is 3. The highest BCUT2D eigenvalue weighted by atomic mass is 15.1. The van der Waals surface area contributed by atoms with Crippen LogP contribution in [0.15, 0.2) is 30.7 Å². The van der Waals surface area contributed by atoms with Crippen molar-refractivity contribution in [3.63, 3.8) is 0 Å². The summed E-state index contributed by atoms with van der Waals surface area (Å²) in [6.45, 7) is 0. The molecule has 3 nitrogen and oxygen atoms in total. The first-order chi connectivity index (χ1) is 7.43. The van der Waals surface area contributed by atoms with E-state index in [0.29, 0.717) is 5.92 Å². The Balaban J connectivity index is 1.88. The molecular weight excluding hydrogens is 186 g/mol. The van der Waals surface area contributed by atoms with Crippen molar-refractivity contribution in [2.24, 2.45) is 0 Å². The molecule has 1 N–H and O–H groups in total. The molecule has 0 spiro atoms. The maximum Gasteiger partial charge on any atom is 0.0522 e. The predicted molar refractivity (Wildman–Crippen MR) is 57.6 cm³/mol. The molecule has 1 atom stereocenters. The Morgan fingerprint density at radius 2 is 2.33 bits per heavy atom. The second-order valence-corrected chi connectivity index (χ2v) is 4.10. The molecule has 0 saturated carbocycles. The standard InChI is InChI=1S/C12H13N3/c1-2-10(7-13-5-1)9-3-4-12-11(6-9)8-14-15-12/h1-2,5,7-9H,3-4,6H2,(H,14,15)/t9-/m1/s1. The van der Waals surface area contributed by atoms with E-state index >= 15 is 0 Å². The summed E-state index contributed by atoms with van der Waals surface area (Å²) in [7, 11) is 0. The minimum atomic E-state index is 0.615. The number of aromatic amines is 1. The van der Waals surface area contributed by atoms with E-state index in [0.717, 1.165) is 12.8 Å². The van der Waals surface area contributed by atoms with Gasteiger partial charge in [0.2, 0.25) is 0 Å². The maximum absolute atomic E-state index is 4.18. The molecule has 3 rings (SSSR count). The second-order valence-electron chi connectivity index (χ2n) is 4.10. The predicted octanol–water partition coefficient (Wildman–Crippen LogP) is 2.08. The van der Waals surface area contributed by atoms with Gasteiger partial charge in [0.25, 0.3) is 0 Å². The van der Waals surface area contributed by atoms with Crippen LogP contribution in [0.2, 0.25) is 0 Å². The Morgan fingerprint density at radius 1 is 1.33 bits per heavy atom. The molecular formula is C12H13N3. The molecule has 3 heteroatoms. The number of aryl methyl sites for hydroxylation is 1. The van der Waals surface area contributed by atoms with Crippen molar-refractivity contribution in [3.8, 4) is 0 Å². The first kappa shape index (κ1) is 8.65. The molecule has 0 aromatic carbocycles. The van der Waals surface area contributed by atoms with E-state index in [2.05, 4.69) is 21.2 Å². The Labute approximate surface area is 88.6 Å². The van der Waals surface area contributed by atoms with Crippen LogP contribution < -0.4 is 0 Å². The van der Waals surface area contributed by atoms with Crippen molar-refractivity contribution < 1.29 is 0 Å². The van der Waals surface area contributed by atoms with Gasteiger partial charge in [0.15, 0.2) is 0 Å². The zero-order valence-electron chi connectivity index (χ0n) is 8.48. The lowest BCUT2D eigenvalue weighted by molar-refractivity contribution is 0.577. The summed E-state index contributed by atoms with van der Waals surface area (Å²) in [6, 6.07) is 4.18. The Morgan fingerprint density at radius 3 is 3.20 bits per heavy atom. The van der Waals surface area contributed by atoms with Gasteiger partial charge in [-0.05, 0) is 42.4 Å². The normalized spacial score (nSPS) is 19.9. The molecule has 0 aliphatic heterocycles. The molecule has 0 radical (unpaired) electrons. The fourth-order valence-corrected chi connectivity index (χ4v) is 2.32. The molecule has 0 bridgehead atoms. The van der Waals surface area contributed by atoms with Gasteiger partial charge in [-0.1, -0.05) is 6.07 Å². The highest BCUT2D eigenvalue weighted by Gasteiger charge is 2.21. The van der Waals surface area contributed by atoms with Gasteiger partial charge in [-0.25, -0.2) is 0 Å². The third-order valence-corrected chi connectivity index (χ3v) is 3.17. The summed E-state index contributed by atoms with van der Waals surface area (Å²) in [5, 5.41) is 7.16. The Hall–Kier alpha value is -1.64. The Bertz CT molecular complexity index is 447. The first-order valence-corrected chi connectivity index (χ1v) is 5.34. The van der Waals surface area contributed by atoms with Gasteiger partial charge in [-0.3, -0.25) is 10.1 Å². The van der Waals surface area contributed by atoms with Gasteiger partial charge in [-0.2, -0.15) is 5.10 Å². The molecule has 2 heterocycles. The highest BCUT2D eigenvalue weighted by molar-refractivity contribution is 5.26. The van der Waals surface area contributed by atoms with E-state index in [1.165, 1.54) is 23.2 Å². The lowest BCUT2D eigenvalue weighted by atomic mass is 9.84. The molecule has 76 valence electrons. The van der Waals surface area contributed by atoms with Crippen LogP contribution in [-0.4, -0.2) is 15.2 Å². The molecule has 0 fully saturated rings. The monoisotopic (exact) mass is 199 g/mol. The number of pyridine rings is 1. The van der Waals surface area contributed by atoms with Crippen LogP contribution in [0, 0.1) is 0 Å². The maximum atomic E-state index is 4.18. The van der Waals surface area contributed by atoms with Crippen molar-refractivity contribution in [1.82, 2.24) is 15.2 Å². The molecule has 0 saturated heterocycles. The van der Waals surface area contributed by atoms with Crippen LogP contribution in [0.3, 0.4) is 0 Å². The number of H-pyrrole nitrogens is 1. The lowest BCUT2D eigenvalue weighted by Gasteiger charge is -2.21. The first-order valence-electron chi connectivity index (χ1n) is 5.34. The molecule has 2 aromatic rings. The third kappa shape index (κ3) is 1.54. The number of hydrogen-bond acceptors (Lipinski definition) is 2. The zero-order chi connectivity index (χ0) is 10.1. The molecule has 1 aliphatic rings. The van der Waals surface area contributed by atoms with Crippen molar-refractivity contribution >= 4 is 0 Å². The SMILES string of the molecule is c1cncc([C@@H]2CCc3[nH]ncc3C2)c1. The average Bonchev–Trinajstić information content (AvgIpc) is 2.77. The van der Waals surface area contributed by atoms with E-state index in [-0.39, 0.29) is 0 Å².